The summed E-state index contributed by atoms with van der Waals surface area (Å²) >= 11 is 0. The zero-order valence-electron chi connectivity index (χ0n) is 26.5. The van der Waals surface area contributed by atoms with Gasteiger partial charge in [0.15, 0.2) is 5.96 Å². The van der Waals surface area contributed by atoms with Gasteiger partial charge in [0.1, 0.15) is 30.2 Å². The number of guanidine groups is 1. The summed E-state index contributed by atoms with van der Waals surface area (Å²) in [4.78, 5) is 97.9. The Morgan fingerprint density at radius 3 is 2.25 bits per heavy atom. The summed E-state index contributed by atoms with van der Waals surface area (Å²) in [5.74, 6) is -5.75. The van der Waals surface area contributed by atoms with E-state index in [0.29, 0.717) is 37.7 Å². The lowest BCUT2D eigenvalue weighted by molar-refractivity contribution is -0.144. The molecule has 0 unspecified atom stereocenters. The first-order chi connectivity index (χ1) is 22.9. The van der Waals surface area contributed by atoms with Crippen LogP contribution in [-0.4, -0.2) is 107 Å². The molecule has 4 rings (SSSR count). The van der Waals surface area contributed by atoms with Crippen molar-refractivity contribution in [1.29, 1.82) is 0 Å². The molecule has 17 nitrogen and oxygen atoms in total. The van der Waals surface area contributed by atoms with Crippen LogP contribution in [0.5, 0.6) is 0 Å². The van der Waals surface area contributed by atoms with Crippen molar-refractivity contribution in [3.63, 3.8) is 0 Å². The number of aliphatic carboxylic acids is 1. The second kappa shape index (κ2) is 16.6. The number of carbonyl (C=O) groups excluding carboxylic acids is 6. The van der Waals surface area contributed by atoms with E-state index < -0.39 is 84.6 Å². The molecule has 48 heavy (non-hydrogen) atoms. The number of nitrogens with two attached hydrogens (primary N) is 2. The number of nitrogens with zero attached hydrogens (tertiary/aromatic N) is 2. The Morgan fingerprint density at radius 1 is 0.833 bits per heavy atom. The van der Waals surface area contributed by atoms with E-state index in [-0.39, 0.29) is 37.8 Å². The first kappa shape index (κ1) is 35.6. The van der Waals surface area contributed by atoms with Crippen LogP contribution in [-0.2, 0) is 40.0 Å². The van der Waals surface area contributed by atoms with Crippen molar-refractivity contribution in [2.45, 2.75) is 94.0 Å². The average Bonchev–Trinajstić information content (AvgIpc) is 3.40. The van der Waals surface area contributed by atoms with Crippen LogP contribution < -0.4 is 38.1 Å². The summed E-state index contributed by atoms with van der Waals surface area (Å²) in [7, 11) is 0. The maximum atomic E-state index is 14.0. The predicted octanol–water partition coefficient (Wildman–Crippen LogP) is -2.63. The maximum absolute atomic E-state index is 14.0. The molecule has 0 aromatic heterocycles. The van der Waals surface area contributed by atoms with Crippen molar-refractivity contribution in [2.24, 2.45) is 16.5 Å². The highest BCUT2D eigenvalue weighted by Gasteiger charge is 2.45. The number of hydrogen-bond donors (Lipinski definition) is 8. The van der Waals surface area contributed by atoms with Crippen molar-refractivity contribution in [2.75, 3.05) is 13.1 Å². The summed E-state index contributed by atoms with van der Waals surface area (Å²) in [6, 6.07) is 2.65. The summed E-state index contributed by atoms with van der Waals surface area (Å²) in [5, 5.41) is 22.2. The molecule has 1 aromatic rings. The number of amides is 6. The van der Waals surface area contributed by atoms with Gasteiger partial charge in [0.2, 0.25) is 35.4 Å². The van der Waals surface area contributed by atoms with Crippen molar-refractivity contribution in [3.05, 3.63) is 35.9 Å². The average molecular weight is 670 g/mol. The van der Waals surface area contributed by atoms with Crippen molar-refractivity contribution < 1.29 is 38.7 Å². The van der Waals surface area contributed by atoms with Gasteiger partial charge in [-0.3, -0.25) is 38.6 Å². The molecule has 3 fully saturated rings. The number of carboxylic acids is 1. The summed E-state index contributed by atoms with van der Waals surface area (Å²) in [6.45, 7) is -0.481. The van der Waals surface area contributed by atoms with E-state index in [1.54, 1.807) is 30.3 Å². The first-order valence-electron chi connectivity index (χ1n) is 16.0. The van der Waals surface area contributed by atoms with Crippen molar-refractivity contribution in [3.8, 4) is 0 Å². The van der Waals surface area contributed by atoms with E-state index in [4.69, 9.17) is 11.5 Å². The van der Waals surface area contributed by atoms with Crippen LogP contribution in [0.4, 0.5) is 0 Å². The molecular weight excluding hydrogens is 626 g/mol. The molecule has 3 saturated heterocycles. The number of aliphatic imine (C=N–C) groups is 1. The topological polar surface area (TPSA) is 268 Å². The minimum atomic E-state index is -1.60. The fourth-order valence-electron chi connectivity index (χ4n) is 6.32. The summed E-state index contributed by atoms with van der Waals surface area (Å²) in [6.07, 6.45) is 1.98. The molecule has 17 heteroatoms. The SMILES string of the molecule is NC(N)=NCCC[C@@H]1NC(=O)[C@@H]2CC[C@H]3CCC[C@@H](NC(=O)[C@H](Cc4ccccc4)NC(=O)[C@H](CC(=O)O)NC(=O)CNC1=O)C(=O)N32. The molecule has 0 radical (unpaired) electrons. The number of hydrogen-bond acceptors (Lipinski definition) is 8. The predicted molar refractivity (Wildman–Crippen MR) is 171 cm³/mol. The second-order valence-electron chi connectivity index (χ2n) is 12.2. The monoisotopic (exact) mass is 669 g/mol. The quantitative estimate of drug-likeness (QED) is 0.0810. The zero-order chi connectivity index (χ0) is 34.8. The van der Waals surface area contributed by atoms with Gasteiger partial charge in [-0.25, -0.2) is 0 Å². The highest BCUT2D eigenvalue weighted by molar-refractivity contribution is 5.98. The number of nitrogens with one attached hydrogen (secondary N) is 5. The minimum Gasteiger partial charge on any atom is -0.481 e. The molecule has 0 aliphatic carbocycles. The van der Waals surface area contributed by atoms with E-state index >= 15 is 0 Å². The fraction of sp³-hybridized carbons (Fsp3) is 0.548. The largest absolute Gasteiger partial charge is 0.481 e. The van der Waals surface area contributed by atoms with Crippen LogP contribution in [0.2, 0.25) is 0 Å². The molecule has 6 atom stereocenters. The lowest BCUT2D eigenvalue weighted by Crippen LogP contribution is -2.60. The third kappa shape index (κ3) is 9.65. The smallest absolute Gasteiger partial charge is 0.305 e. The molecule has 3 aliphatic heterocycles. The highest BCUT2D eigenvalue weighted by Crippen LogP contribution is 2.32. The molecule has 0 saturated carbocycles. The van der Waals surface area contributed by atoms with Gasteiger partial charge >= 0.3 is 5.97 Å². The van der Waals surface area contributed by atoms with E-state index in [0.717, 1.165) is 0 Å². The van der Waals surface area contributed by atoms with Gasteiger partial charge in [-0.2, -0.15) is 0 Å². The van der Waals surface area contributed by atoms with Crippen LogP contribution in [0.1, 0.15) is 56.9 Å². The number of benzene rings is 1. The molecule has 3 aliphatic rings. The Morgan fingerprint density at radius 2 is 1.54 bits per heavy atom. The van der Waals surface area contributed by atoms with Gasteiger partial charge < -0.3 is 48.1 Å². The summed E-state index contributed by atoms with van der Waals surface area (Å²) < 4.78 is 0. The molecule has 0 spiro atoms. The lowest BCUT2D eigenvalue weighted by atomic mass is 10.0. The maximum Gasteiger partial charge on any atom is 0.305 e. The number of rotatable bonds is 8. The summed E-state index contributed by atoms with van der Waals surface area (Å²) in [5.41, 5.74) is 11.5. The minimum absolute atomic E-state index is 0.00502. The standard InChI is InChI=1S/C31H43N9O8/c32-31(33)34-13-5-10-19-26(44)35-16-24(41)36-22(15-25(42)43)28(46)39-21(14-17-6-2-1-3-7-17)27(45)38-20-9-4-8-18-11-12-23(29(47)37-19)40(18)30(20)48/h1-3,6-7,18-23H,4-5,8-16H2,(H,35,44)(H,36,41)(H,37,47)(H,38,45)(H,39,46)(H,42,43)(H4,32,33,34)/t18-,19+,20-,21+,22+,23+/m1/s1. The molecule has 10 N–H and O–H groups in total. The number of fused-ring (bicyclic) bond motifs is 1. The second-order valence-corrected chi connectivity index (χ2v) is 12.2. The Labute approximate surface area is 277 Å². The van der Waals surface area contributed by atoms with Crippen molar-refractivity contribution in [1.82, 2.24) is 31.5 Å². The van der Waals surface area contributed by atoms with E-state index in [9.17, 15) is 38.7 Å². The van der Waals surface area contributed by atoms with E-state index in [2.05, 4.69) is 31.6 Å². The molecule has 260 valence electrons. The van der Waals surface area contributed by atoms with Crippen LogP contribution in [0.15, 0.2) is 35.3 Å². The fourth-order valence-corrected chi connectivity index (χ4v) is 6.32. The van der Waals surface area contributed by atoms with Gasteiger partial charge in [-0.15, -0.1) is 0 Å². The Balaban J connectivity index is 1.66. The van der Waals surface area contributed by atoms with Gasteiger partial charge in [0.25, 0.3) is 0 Å². The van der Waals surface area contributed by atoms with Gasteiger partial charge in [-0.1, -0.05) is 30.3 Å². The van der Waals surface area contributed by atoms with Crippen molar-refractivity contribution >= 4 is 47.4 Å². The molecule has 2 bridgehead atoms. The van der Waals surface area contributed by atoms with Crippen LogP contribution in [0.25, 0.3) is 0 Å². The third-order valence-electron chi connectivity index (χ3n) is 8.65. The van der Waals surface area contributed by atoms with Crippen LogP contribution in [0, 0.1) is 0 Å². The Kier molecular flexibility index (Phi) is 12.3. The van der Waals surface area contributed by atoms with Crippen LogP contribution in [0.3, 0.4) is 0 Å². The normalized spacial score (nSPS) is 27.2. The molecule has 6 amide bonds. The highest BCUT2D eigenvalue weighted by atomic mass is 16.4. The van der Waals surface area contributed by atoms with E-state index in [1.165, 1.54) is 4.90 Å². The number of carbonyl (C=O) groups is 7. The van der Waals surface area contributed by atoms with Crippen LogP contribution >= 0.6 is 0 Å². The van der Waals surface area contributed by atoms with Gasteiger partial charge in [-0.05, 0) is 50.5 Å². The Bertz CT molecular complexity index is 1420. The number of carboxylic acid groups (broad SMARTS) is 1. The molecular formula is C31H43N9O8. The zero-order valence-corrected chi connectivity index (χ0v) is 26.5. The lowest BCUT2D eigenvalue weighted by Gasteiger charge is -2.32. The first-order valence-corrected chi connectivity index (χ1v) is 16.0. The third-order valence-corrected chi connectivity index (χ3v) is 8.65. The molecule has 1 aromatic carbocycles. The molecule has 3 heterocycles. The van der Waals surface area contributed by atoms with Gasteiger partial charge in [0, 0.05) is 19.0 Å². The van der Waals surface area contributed by atoms with E-state index in [1.807, 2.05) is 0 Å². The van der Waals surface area contributed by atoms with Gasteiger partial charge in [0.05, 0.1) is 13.0 Å². The Hall–Kier alpha value is -5.22.